The highest BCUT2D eigenvalue weighted by molar-refractivity contribution is 5.40. The zero-order valence-electron chi connectivity index (χ0n) is 8.62. The summed E-state index contributed by atoms with van der Waals surface area (Å²) in [4.78, 5) is 4.55. The van der Waals surface area contributed by atoms with Gasteiger partial charge in [-0.25, -0.2) is 4.98 Å². The predicted octanol–water partition coefficient (Wildman–Crippen LogP) is 0.886. The van der Waals surface area contributed by atoms with E-state index in [1.54, 1.807) is 0 Å². The minimum absolute atomic E-state index is 0.526. The molecule has 0 radical (unpaired) electrons. The maximum atomic E-state index is 5.34. The number of pyridine rings is 1. The Morgan fingerprint density at radius 2 is 2.40 bits per heavy atom. The monoisotopic (exact) mass is 205 g/mol. The Kier molecular flexibility index (Phi) is 2.31. The molecule has 3 rings (SSSR count). The fraction of sp³-hybridized carbons (Fsp3) is 0.545. The van der Waals surface area contributed by atoms with Crippen LogP contribution in [-0.4, -0.2) is 24.1 Å². The molecular formula is C11H15N3O. The van der Waals surface area contributed by atoms with Crippen molar-refractivity contribution in [2.24, 2.45) is 0 Å². The van der Waals surface area contributed by atoms with Gasteiger partial charge in [-0.05, 0) is 19.0 Å². The number of nitrogens with one attached hydrogen (secondary N) is 2. The molecule has 1 saturated heterocycles. The van der Waals surface area contributed by atoms with Gasteiger partial charge in [-0.1, -0.05) is 6.07 Å². The Morgan fingerprint density at radius 3 is 3.27 bits per heavy atom. The molecule has 4 heteroatoms. The Balaban J connectivity index is 1.75. The fourth-order valence-corrected chi connectivity index (χ4v) is 2.11. The minimum Gasteiger partial charge on any atom is -0.370 e. The number of hydrogen-bond acceptors (Lipinski definition) is 4. The van der Waals surface area contributed by atoms with Gasteiger partial charge in [0, 0.05) is 18.2 Å². The Bertz CT molecular complexity index is 361. The topological polar surface area (TPSA) is 46.2 Å². The lowest BCUT2D eigenvalue weighted by Crippen LogP contribution is -2.22. The van der Waals surface area contributed by atoms with Crippen LogP contribution in [0.5, 0.6) is 0 Å². The highest BCUT2D eigenvalue weighted by Crippen LogP contribution is 2.20. The van der Waals surface area contributed by atoms with Gasteiger partial charge in [0.05, 0.1) is 18.9 Å². The van der Waals surface area contributed by atoms with Crippen LogP contribution < -0.4 is 10.6 Å². The zero-order valence-corrected chi connectivity index (χ0v) is 8.62. The number of nitrogens with zero attached hydrogens (tertiary/aromatic N) is 1. The first-order chi connectivity index (χ1) is 7.42. The van der Waals surface area contributed by atoms with Gasteiger partial charge >= 0.3 is 0 Å². The molecule has 80 valence electrons. The van der Waals surface area contributed by atoms with Gasteiger partial charge in [0.25, 0.3) is 0 Å². The van der Waals surface area contributed by atoms with E-state index in [0.717, 1.165) is 24.6 Å². The van der Waals surface area contributed by atoms with Crippen LogP contribution in [0.2, 0.25) is 0 Å². The van der Waals surface area contributed by atoms with Gasteiger partial charge in [0.15, 0.2) is 0 Å². The molecule has 3 heterocycles. The summed E-state index contributed by atoms with van der Waals surface area (Å²) >= 11 is 0. The molecule has 0 saturated carbocycles. The second-order valence-electron chi connectivity index (χ2n) is 4.13. The molecule has 1 aromatic rings. The molecule has 0 aromatic carbocycles. The van der Waals surface area contributed by atoms with Crippen molar-refractivity contribution in [3.63, 3.8) is 0 Å². The fourth-order valence-electron chi connectivity index (χ4n) is 2.11. The van der Waals surface area contributed by atoms with Crippen molar-refractivity contribution in [2.45, 2.75) is 25.7 Å². The lowest BCUT2D eigenvalue weighted by molar-refractivity contribution is 0.133. The van der Waals surface area contributed by atoms with E-state index in [4.69, 9.17) is 4.74 Å². The standard InChI is InChI=1S/C11H15N3O/c1-2-11(13-9-3-4-12-5-9)14-10-7-15-6-8(1)10/h1-2,9,12H,3-7H2,(H,13,14). The van der Waals surface area contributed by atoms with E-state index in [1.807, 2.05) is 6.07 Å². The van der Waals surface area contributed by atoms with Gasteiger partial charge in [-0.15, -0.1) is 0 Å². The molecule has 0 aliphatic carbocycles. The number of ether oxygens (including phenoxy) is 1. The van der Waals surface area contributed by atoms with E-state index in [9.17, 15) is 0 Å². The number of hydrogen-bond donors (Lipinski definition) is 2. The first kappa shape index (κ1) is 9.12. The summed E-state index contributed by atoms with van der Waals surface area (Å²) in [6, 6.07) is 4.68. The molecule has 0 amide bonds. The molecule has 0 bridgehead atoms. The molecule has 4 nitrogen and oxygen atoms in total. The summed E-state index contributed by atoms with van der Waals surface area (Å²) in [5, 5.41) is 6.77. The summed E-state index contributed by atoms with van der Waals surface area (Å²) in [6.45, 7) is 3.52. The van der Waals surface area contributed by atoms with Crippen molar-refractivity contribution in [3.05, 3.63) is 23.4 Å². The zero-order chi connectivity index (χ0) is 10.1. The summed E-state index contributed by atoms with van der Waals surface area (Å²) < 4.78 is 5.34. The van der Waals surface area contributed by atoms with Gasteiger partial charge in [-0.3, -0.25) is 0 Å². The highest BCUT2D eigenvalue weighted by Gasteiger charge is 2.16. The van der Waals surface area contributed by atoms with Crippen molar-refractivity contribution in [2.75, 3.05) is 18.4 Å². The van der Waals surface area contributed by atoms with Gasteiger partial charge in [-0.2, -0.15) is 0 Å². The molecule has 1 atom stereocenters. The van der Waals surface area contributed by atoms with Gasteiger partial charge in [0.2, 0.25) is 0 Å². The smallest absolute Gasteiger partial charge is 0.126 e. The molecule has 0 spiro atoms. The summed E-state index contributed by atoms with van der Waals surface area (Å²) in [7, 11) is 0. The average molecular weight is 205 g/mol. The normalized spacial score (nSPS) is 24.1. The molecule has 15 heavy (non-hydrogen) atoms. The Labute approximate surface area is 89.0 Å². The van der Waals surface area contributed by atoms with Crippen molar-refractivity contribution in [1.82, 2.24) is 10.3 Å². The number of anilines is 1. The van der Waals surface area contributed by atoms with Crippen molar-refractivity contribution >= 4 is 5.82 Å². The molecule has 2 N–H and O–H groups in total. The largest absolute Gasteiger partial charge is 0.370 e. The highest BCUT2D eigenvalue weighted by atomic mass is 16.5. The van der Waals surface area contributed by atoms with E-state index < -0.39 is 0 Å². The second kappa shape index (κ2) is 3.79. The predicted molar refractivity (Wildman–Crippen MR) is 57.6 cm³/mol. The molecule has 2 aliphatic heterocycles. The third-order valence-electron chi connectivity index (χ3n) is 2.98. The lowest BCUT2D eigenvalue weighted by Gasteiger charge is -2.12. The van der Waals surface area contributed by atoms with E-state index in [2.05, 4.69) is 21.7 Å². The van der Waals surface area contributed by atoms with Crippen LogP contribution in [0.1, 0.15) is 17.7 Å². The van der Waals surface area contributed by atoms with Crippen molar-refractivity contribution in [3.8, 4) is 0 Å². The lowest BCUT2D eigenvalue weighted by atomic mass is 10.2. The van der Waals surface area contributed by atoms with Crippen LogP contribution in [0, 0.1) is 0 Å². The van der Waals surface area contributed by atoms with Crippen molar-refractivity contribution in [1.29, 1.82) is 0 Å². The van der Waals surface area contributed by atoms with E-state index in [0.29, 0.717) is 19.3 Å². The van der Waals surface area contributed by atoms with E-state index in [1.165, 1.54) is 12.0 Å². The summed E-state index contributed by atoms with van der Waals surface area (Å²) in [5.74, 6) is 0.980. The molecule has 1 unspecified atom stereocenters. The Hall–Kier alpha value is -1.13. The van der Waals surface area contributed by atoms with Crippen molar-refractivity contribution < 1.29 is 4.74 Å². The first-order valence-electron chi connectivity index (χ1n) is 5.45. The second-order valence-corrected chi connectivity index (χ2v) is 4.13. The Morgan fingerprint density at radius 1 is 1.40 bits per heavy atom. The van der Waals surface area contributed by atoms with Gasteiger partial charge < -0.3 is 15.4 Å². The molecule has 1 aromatic heterocycles. The quantitative estimate of drug-likeness (QED) is 0.752. The summed E-state index contributed by atoms with van der Waals surface area (Å²) in [5.41, 5.74) is 2.32. The maximum absolute atomic E-state index is 5.34. The molecular weight excluding hydrogens is 190 g/mol. The number of rotatable bonds is 2. The summed E-state index contributed by atoms with van der Waals surface area (Å²) in [6.07, 6.45) is 1.18. The number of aromatic nitrogens is 1. The molecule has 1 fully saturated rings. The third-order valence-corrected chi connectivity index (χ3v) is 2.98. The molecule has 2 aliphatic rings. The van der Waals surface area contributed by atoms with E-state index in [-0.39, 0.29) is 0 Å². The van der Waals surface area contributed by atoms with Crippen LogP contribution >= 0.6 is 0 Å². The number of fused-ring (bicyclic) bond motifs is 1. The van der Waals surface area contributed by atoms with Gasteiger partial charge in [0.1, 0.15) is 5.82 Å². The van der Waals surface area contributed by atoms with E-state index >= 15 is 0 Å². The minimum atomic E-state index is 0.526. The SMILES string of the molecule is c1cc2c(nc1NC1CCNC1)COC2. The first-order valence-corrected chi connectivity index (χ1v) is 5.45. The third kappa shape index (κ3) is 1.82. The van der Waals surface area contributed by atoms with Crippen LogP contribution in [0.15, 0.2) is 12.1 Å². The maximum Gasteiger partial charge on any atom is 0.126 e. The van der Waals surface area contributed by atoms with Crippen LogP contribution in [0.4, 0.5) is 5.82 Å². The van der Waals surface area contributed by atoms with Crippen LogP contribution in [-0.2, 0) is 18.0 Å². The average Bonchev–Trinajstić information content (AvgIpc) is 2.87. The van der Waals surface area contributed by atoms with Crippen LogP contribution in [0.25, 0.3) is 0 Å². The van der Waals surface area contributed by atoms with Crippen LogP contribution in [0.3, 0.4) is 0 Å².